The van der Waals surface area contributed by atoms with Crippen LogP contribution in [0.3, 0.4) is 0 Å². The van der Waals surface area contributed by atoms with Crippen LogP contribution >= 0.6 is 0 Å². The van der Waals surface area contributed by atoms with Gasteiger partial charge in [0, 0.05) is 54.9 Å². The average Bonchev–Trinajstić information content (AvgIpc) is 3.73. The molecule has 2 aliphatic rings. The number of hydrogen-bond acceptors (Lipinski definition) is 6. The number of rotatable bonds is 11. The molecular formula is C36H45N5O4S. The minimum absolute atomic E-state index is 0.129. The van der Waals surface area contributed by atoms with Gasteiger partial charge in [0.05, 0.1) is 16.0 Å². The lowest BCUT2D eigenvalue weighted by molar-refractivity contribution is -0.143. The number of sulfonamides is 1. The van der Waals surface area contributed by atoms with Gasteiger partial charge in [-0.3, -0.25) is 9.89 Å². The third kappa shape index (κ3) is 6.12. The summed E-state index contributed by atoms with van der Waals surface area (Å²) in [6.07, 6.45) is 4.68. The van der Waals surface area contributed by atoms with Crippen molar-refractivity contribution in [3.05, 3.63) is 71.3 Å². The number of fused-ring (bicyclic) bond motifs is 3. The van der Waals surface area contributed by atoms with Crippen molar-refractivity contribution in [1.82, 2.24) is 19.8 Å². The highest BCUT2D eigenvalue weighted by atomic mass is 32.2. The smallest absolute Gasteiger partial charge is 0.241 e. The van der Waals surface area contributed by atoms with Crippen LogP contribution in [-0.2, 0) is 21.2 Å². The second kappa shape index (κ2) is 12.4. The molecular weight excluding hydrogens is 598 g/mol. The second-order valence-electron chi connectivity index (χ2n) is 13.8. The molecule has 0 radical (unpaired) electrons. The highest BCUT2D eigenvalue weighted by molar-refractivity contribution is 7.89. The Labute approximate surface area is 272 Å². The molecule has 0 saturated carbocycles. The van der Waals surface area contributed by atoms with Crippen LogP contribution in [0.4, 0.5) is 5.69 Å². The summed E-state index contributed by atoms with van der Waals surface area (Å²) in [5.74, 6) is 0.516. The molecule has 1 amide bonds. The van der Waals surface area contributed by atoms with Crippen LogP contribution < -0.4 is 14.4 Å². The Bertz CT molecular complexity index is 1840. The molecule has 2 N–H and O–H groups in total. The second-order valence-corrected chi connectivity index (χ2v) is 15.5. The molecule has 3 heterocycles. The van der Waals surface area contributed by atoms with Gasteiger partial charge in [0.2, 0.25) is 21.8 Å². The molecule has 244 valence electrons. The number of aromatic amines is 1. The fourth-order valence-corrected chi connectivity index (χ4v) is 8.51. The highest BCUT2D eigenvalue weighted by Gasteiger charge is 2.46. The first-order chi connectivity index (χ1) is 21.9. The topological polar surface area (TPSA) is 108 Å². The fraction of sp³-hybridized carbons (Fsp3) is 0.444. The molecule has 0 spiro atoms. The van der Waals surface area contributed by atoms with E-state index in [-0.39, 0.29) is 24.0 Å². The maximum Gasteiger partial charge on any atom is 0.241 e. The number of nitrogens with one attached hydrogen (secondary N) is 2. The lowest BCUT2D eigenvalue weighted by Crippen LogP contribution is -2.46. The van der Waals surface area contributed by atoms with E-state index in [1.54, 1.807) is 12.1 Å². The van der Waals surface area contributed by atoms with Gasteiger partial charge in [-0.2, -0.15) is 0 Å². The SMILES string of the molecule is Cc1cc(C)cc(-c2[nH]nc(OCC(C)(C)C(=O)N3C4CCC3CC4)c2CCNS(=O)(=O)c2cccc3cccc(N(C)C)c23)c1. The van der Waals surface area contributed by atoms with Crippen molar-refractivity contribution in [2.75, 3.05) is 32.1 Å². The van der Waals surface area contributed by atoms with Crippen LogP contribution in [-0.4, -0.2) is 68.8 Å². The van der Waals surface area contributed by atoms with Gasteiger partial charge in [-0.1, -0.05) is 41.5 Å². The highest BCUT2D eigenvalue weighted by Crippen LogP contribution is 2.40. The number of aryl methyl sites for hydroxylation is 2. The number of ether oxygens (including phenoxy) is 1. The minimum atomic E-state index is -3.86. The van der Waals surface area contributed by atoms with E-state index < -0.39 is 15.4 Å². The van der Waals surface area contributed by atoms with Crippen molar-refractivity contribution >= 4 is 32.4 Å². The predicted molar refractivity (Wildman–Crippen MR) is 183 cm³/mol. The van der Waals surface area contributed by atoms with Gasteiger partial charge in [0.25, 0.3) is 0 Å². The Morgan fingerprint density at radius 1 is 1.02 bits per heavy atom. The third-order valence-electron chi connectivity index (χ3n) is 9.46. The summed E-state index contributed by atoms with van der Waals surface area (Å²) in [5, 5.41) is 9.25. The number of carbonyl (C=O) groups is 1. The predicted octanol–water partition coefficient (Wildman–Crippen LogP) is 5.99. The van der Waals surface area contributed by atoms with Gasteiger partial charge in [0.15, 0.2) is 0 Å². The van der Waals surface area contributed by atoms with E-state index in [2.05, 4.69) is 38.0 Å². The number of carbonyl (C=O) groups excluding carboxylic acids is 1. The van der Waals surface area contributed by atoms with Crippen LogP contribution in [0, 0.1) is 19.3 Å². The number of nitrogens with zero attached hydrogens (tertiary/aromatic N) is 3. The summed E-state index contributed by atoms with van der Waals surface area (Å²) < 4.78 is 36.7. The molecule has 2 fully saturated rings. The number of hydrogen-bond donors (Lipinski definition) is 2. The first-order valence-electron chi connectivity index (χ1n) is 16.2. The summed E-state index contributed by atoms with van der Waals surface area (Å²) in [7, 11) is -0.0438. The van der Waals surface area contributed by atoms with Gasteiger partial charge >= 0.3 is 0 Å². The summed E-state index contributed by atoms with van der Waals surface area (Å²) in [5.41, 5.74) is 4.82. The summed E-state index contributed by atoms with van der Waals surface area (Å²) in [6, 6.07) is 18.1. The van der Waals surface area contributed by atoms with E-state index >= 15 is 0 Å². The lowest BCUT2D eigenvalue weighted by atomic mass is 9.92. The van der Waals surface area contributed by atoms with Gasteiger partial charge in [0.1, 0.15) is 6.61 Å². The van der Waals surface area contributed by atoms with Gasteiger partial charge in [-0.05, 0) is 89.5 Å². The van der Waals surface area contributed by atoms with Crippen LogP contribution in [0.25, 0.3) is 22.0 Å². The van der Waals surface area contributed by atoms with Crippen molar-refractivity contribution in [3.8, 4) is 17.1 Å². The molecule has 9 nitrogen and oxygen atoms in total. The Morgan fingerprint density at radius 2 is 1.65 bits per heavy atom. The van der Waals surface area contributed by atoms with E-state index in [1.807, 2.05) is 71.0 Å². The number of amides is 1. The monoisotopic (exact) mass is 643 g/mol. The van der Waals surface area contributed by atoms with Crippen LogP contribution in [0.1, 0.15) is 56.2 Å². The fourth-order valence-electron chi connectivity index (χ4n) is 7.23. The molecule has 3 aromatic carbocycles. The lowest BCUT2D eigenvalue weighted by Gasteiger charge is -2.32. The summed E-state index contributed by atoms with van der Waals surface area (Å²) >= 11 is 0. The normalized spacial score (nSPS) is 18.0. The zero-order valence-electron chi connectivity index (χ0n) is 27.7. The molecule has 2 bridgehead atoms. The standard InChI is InChI=1S/C36H45N5O4S/c1-23-19-24(2)21-26(20-23)33-29(34(39-38-33)45-22-36(3,4)35(42)41-27-13-14-28(41)16-15-27)17-18-37-46(43,44)31-12-8-10-25-9-7-11-30(32(25)31)40(5)6/h7-12,19-21,27-28,37H,13-18,22H2,1-6H3,(H,38,39). The molecule has 2 saturated heterocycles. The summed E-state index contributed by atoms with van der Waals surface area (Å²) in [6.45, 7) is 8.26. The molecule has 2 aliphatic heterocycles. The van der Waals surface area contributed by atoms with Crippen molar-refractivity contribution in [2.45, 2.75) is 76.8 Å². The van der Waals surface area contributed by atoms with Crippen molar-refractivity contribution in [3.63, 3.8) is 0 Å². The van der Waals surface area contributed by atoms with Crippen molar-refractivity contribution in [1.29, 1.82) is 0 Å². The van der Waals surface area contributed by atoms with E-state index in [4.69, 9.17) is 4.74 Å². The molecule has 10 heteroatoms. The maximum absolute atomic E-state index is 13.8. The molecule has 4 aromatic rings. The van der Waals surface area contributed by atoms with E-state index in [9.17, 15) is 13.2 Å². The first-order valence-corrected chi connectivity index (χ1v) is 17.6. The zero-order valence-corrected chi connectivity index (χ0v) is 28.5. The molecule has 1 aromatic heterocycles. The molecule has 46 heavy (non-hydrogen) atoms. The number of anilines is 1. The van der Waals surface area contributed by atoms with Crippen molar-refractivity contribution < 1.29 is 17.9 Å². The van der Waals surface area contributed by atoms with Crippen LogP contribution in [0.5, 0.6) is 5.88 Å². The molecule has 6 rings (SSSR count). The number of benzene rings is 3. The Hall–Kier alpha value is -3.89. The number of aromatic nitrogens is 2. The third-order valence-corrected chi connectivity index (χ3v) is 11.0. The Balaban J connectivity index is 1.26. The van der Waals surface area contributed by atoms with Gasteiger partial charge < -0.3 is 14.5 Å². The van der Waals surface area contributed by atoms with Crippen LogP contribution in [0.15, 0.2) is 59.5 Å². The molecule has 0 aliphatic carbocycles. The van der Waals surface area contributed by atoms with E-state index in [1.165, 1.54) is 0 Å². The summed E-state index contributed by atoms with van der Waals surface area (Å²) in [4.78, 5) is 17.9. The molecule has 0 atom stereocenters. The Kier molecular flexibility index (Phi) is 8.63. The van der Waals surface area contributed by atoms with Crippen LogP contribution in [0.2, 0.25) is 0 Å². The molecule has 0 unspecified atom stereocenters. The largest absolute Gasteiger partial charge is 0.475 e. The average molecular weight is 644 g/mol. The number of H-pyrrole nitrogens is 1. The first kappa shape index (κ1) is 32.1. The van der Waals surface area contributed by atoms with E-state index in [0.29, 0.717) is 29.8 Å². The van der Waals surface area contributed by atoms with Gasteiger partial charge in [-0.25, -0.2) is 13.1 Å². The van der Waals surface area contributed by atoms with E-state index in [0.717, 1.165) is 64.7 Å². The zero-order chi connectivity index (χ0) is 32.8. The Morgan fingerprint density at radius 3 is 2.28 bits per heavy atom. The van der Waals surface area contributed by atoms with Crippen molar-refractivity contribution in [2.24, 2.45) is 5.41 Å². The maximum atomic E-state index is 13.8. The quantitative estimate of drug-likeness (QED) is 0.208. The minimum Gasteiger partial charge on any atom is -0.475 e. The van der Waals surface area contributed by atoms with Gasteiger partial charge in [-0.15, -0.1) is 5.10 Å².